The van der Waals surface area contributed by atoms with E-state index in [4.69, 9.17) is 0 Å². The minimum atomic E-state index is -0.0109. The van der Waals surface area contributed by atoms with Gasteiger partial charge in [-0.05, 0) is 18.9 Å². The fourth-order valence-corrected chi connectivity index (χ4v) is 2.33. The van der Waals surface area contributed by atoms with Crippen LogP contribution >= 0.6 is 0 Å². The summed E-state index contributed by atoms with van der Waals surface area (Å²) in [6.45, 7) is 7.52. The molecule has 0 radical (unpaired) electrons. The number of unbranched alkanes of at least 4 members (excludes halogenated alkanes) is 2. The van der Waals surface area contributed by atoms with Gasteiger partial charge in [-0.2, -0.15) is 0 Å². The van der Waals surface area contributed by atoms with E-state index in [2.05, 4.69) is 18.3 Å². The van der Waals surface area contributed by atoms with E-state index in [1.54, 1.807) is 11.8 Å². The van der Waals surface area contributed by atoms with E-state index in [0.29, 0.717) is 19.5 Å². The highest BCUT2D eigenvalue weighted by Gasteiger charge is 2.10. The molecule has 0 aliphatic heterocycles. The molecule has 22 heavy (non-hydrogen) atoms. The van der Waals surface area contributed by atoms with Crippen molar-refractivity contribution in [2.45, 2.75) is 53.0 Å². The van der Waals surface area contributed by atoms with Crippen LogP contribution in [0.25, 0.3) is 0 Å². The van der Waals surface area contributed by atoms with Crippen LogP contribution in [0.4, 0.5) is 0 Å². The zero-order valence-electron chi connectivity index (χ0n) is 14.0. The number of carbonyl (C=O) groups is 2. The molecule has 4 heteroatoms. The zero-order chi connectivity index (χ0) is 16.4. The van der Waals surface area contributed by atoms with Gasteiger partial charge in [-0.15, -0.1) is 0 Å². The van der Waals surface area contributed by atoms with Gasteiger partial charge in [-0.25, -0.2) is 0 Å². The SMILES string of the molecule is CCCCCN(CCC(=O)NCc1cccc(C)c1)C(C)=O. The number of amides is 2. The number of hydrogen-bond donors (Lipinski definition) is 1. The molecule has 1 N–H and O–H groups in total. The van der Waals surface area contributed by atoms with E-state index >= 15 is 0 Å². The lowest BCUT2D eigenvalue weighted by Crippen LogP contribution is -2.34. The van der Waals surface area contributed by atoms with Crippen molar-refractivity contribution in [1.82, 2.24) is 10.2 Å². The van der Waals surface area contributed by atoms with Crippen LogP contribution in [0.5, 0.6) is 0 Å². The van der Waals surface area contributed by atoms with Crippen molar-refractivity contribution in [3.05, 3.63) is 35.4 Å². The summed E-state index contributed by atoms with van der Waals surface area (Å²) in [6, 6.07) is 8.08. The van der Waals surface area contributed by atoms with Gasteiger partial charge in [0.2, 0.25) is 11.8 Å². The molecule has 1 aromatic rings. The van der Waals surface area contributed by atoms with E-state index < -0.39 is 0 Å². The van der Waals surface area contributed by atoms with Gasteiger partial charge in [-0.1, -0.05) is 49.6 Å². The van der Waals surface area contributed by atoms with Crippen molar-refractivity contribution in [3.63, 3.8) is 0 Å². The van der Waals surface area contributed by atoms with Crippen molar-refractivity contribution in [2.75, 3.05) is 13.1 Å². The Labute approximate surface area is 133 Å². The Morgan fingerprint density at radius 2 is 1.95 bits per heavy atom. The van der Waals surface area contributed by atoms with Crippen LogP contribution in [-0.2, 0) is 16.1 Å². The molecule has 0 heterocycles. The van der Waals surface area contributed by atoms with E-state index in [-0.39, 0.29) is 11.8 Å². The molecule has 1 aromatic carbocycles. The van der Waals surface area contributed by atoms with Crippen LogP contribution in [-0.4, -0.2) is 29.8 Å². The first-order valence-corrected chi connectivity index (χ1v) is 8.10. The van der Waals surface area contributed by atoms with Crippen LogP contribution in [0.1, 0.15) is 50.7 Å². The molecule has 0 bridgehead atoms. The van der Waals surface area contributed by atoms with Crippen molar-refractivity contribution in [2.24, 2.45) is 0 Å². The Balaban J connectivity index is 2.32. The number of aryl methyl sites for hydroxylation is 1. The second-order valence-corrected chi connectivity index (χ2v) is 5.73. The molecule has 0 aromatic heterocycles. The van der Waals surface area contributed by atoms with Crippen LogP contribution in [0.3, 0.4) is 0 Å². The smallest absolute Gasteiger partial charge is 0.222 e. The average Bonchev–Trinajstić information content (AvgIpc) is 2.48. The summed E-state index contributed by atoms with van der Waals surface area (Å²) in [6.07, 6.45) is 3.60. The normalized spacial score (nSPS) is 10.3. The lowest BCUT2D eigenvalue weighted by molar-refractivity contribution is -0.129. The quantitative estimate of drug-likeness (QED) is 0.713. The van der Waals surface area contributed by atoms with E-state index in [9.17, 15) is 9.59 Å². The second kappa shape index (κ2) is 9.98. The van der Waals surface area contributed by atoms with Crippen molar-refractivity contribution in [1.29, 1.82) is 0 Å². The van der Waals surface area contributed by atoms with Gasteiger partial charge < -0.3 is 10.2 Å². The molecule has 0 unspecified atom stereocenters. The molecule has 0 saturated carbocycles. The lowest BCUT2D eigenvalue weighted by Gasteiger charge is -2.20. The van der Waals surface area contributed by atoms with Gasteiger partial charge >= 0.3 is 0 Å². The summed E-state index contributed by atoms with van der Waals surface area (Å²) in [4.78, 5) is 25.2. The molecule has 0 spiro atoms. The Hall–Kier alpha value is -1.84. The third kappa shape index (κ3) is 7.25. The molecule has 122 valence electrons. The van der Waals surface area contributed by atoms with E-state index in [1.807, 2.05) is 25.1 Å². The Kier molecular flexibility index (Phi) is 8.26. The first-order chi connectivity index (χ1) is 10.5. The highest BCUT2D eigenvalue weighted by atomic mass is 16.2. The van der Waals surface area contributed by atoms with Gasteiger partial charge in [0.15, 0.2) is 0 Å². The summed E-state index contributed by atoms with van der Waals surface area (Å²) in [5, 5.41) is 2.91. The fourth-order valence-electron chi connectivity index (χ4n) is 2.33. The summed E-state index contributed by atoms with van der Waals surface area (Å²) >= 11 is 0. The monoisotopic (exact) mass is 304 g/mol. The molecule has 0 aliphatic carbocycles. The van der Waals surface area contributed by atoms with Crippen LogP contribution < -0.4 is 5.32 Å². The maximum atomic E-state index is 11.9. The minimum Gasteiger partial charge on any atom is -0.352 e. The molecule has 0 atom stereocenters. The molecule has 0 aliphatic rings. The molecule has 0 fully saturated rings. The topological polar surface area (TPSA) is 49.4 Å². The van der Waals surface area contributed by atoms with Crippen molar-refractivity contribution in [3.8, 4) is 0 Å². The number of nitrogens with one attached hydrogen (secondary N) is 1. The first-order valence-electron chi connectivity index (χ1n) is 8.10. The maximum Gasteiger partial charge on any atom is 0.222 e. The molecule has 1 rings (SSSR count). The number of rotatable bonds is 9. The number of carbonyl (C=O) groups excluding carboxylic acids is 2. The van der Waals surface area contributed by atoms with E-state index in [0.717, 1.165) is 31.4 Å². The summed E-state index contributed by atoms with van der Waals surface area (Å²) in [5.74, 6) is 0.0332. The van der Waals surface area contributed by atoms with Crippen molar-refractivity contribution >= 4 is 11.8 Å². The van der Waals surface area contributed by atoms with Crippen molar-refractivity contribution < 1.29 is 9.59 Å². The van der Waals surface area contributed by atoms with Crippen LogP contribution in [0.15, 0.2) is 24.3 Å². The maximum absolute atomic E-state index is 11.9. The van der Waals surface area contributed by atoms with Crippen LogP contribution in [0.2, 0.25) is 0 Å². The summed E-state index contributed by atoms with van der Waals surface area (Å²) in [5.41, 5.74) is 2.28. The average molecular weight is 304 g/mol. The predicted octanol–water partition coefficient (Wildman–Crippen LogP) is 3.04. The van der Waals surface area contributed by atoms with Gasteiger partial charge in [0, 0.05) is 33.0 Å². The Morgan fingerprint density at radius 1 is 1.18 bits per heavy atom. The van der Waals surface area contributed by atoms with Gasteiger partial charge in [-0.3, -0.25) is 9.59 Å². The number of nitrogens with zero attached hydrogens (tertiary/aromatic N) is 1. The molecular formula is C18H28N2O2. The number of hydrogen-bond acceptors (Lipinski definition) is 2. The third-order valence-corrected chi connectivity index (χ3v) is 3.66. The van der Waals surface area contributed by atoms with Crippen LogP contribution in [0, 0.1) is 6.92 Å². The third-order valence-electron chi connectivity index (χ3n) is 3.66. The summed E-state index contributed by atoms with van der Waals surface area (Å²) in [7, 11) is 0. The molecule has 2 amide bonds. The first kappa shape index (κ1) is 18.2. The second-order valence-electron chi connectivity index (χ2n) is 5.73. The molecule has 0 saturated heterocycles. The van der Waals surface area contributed by atoms with Gasteiger partial charge in [0.05, 0.1) is 0 Å². The fraction of sp³-hybridized carbons (Fsp3) is 0.556. The largest absolute Gasteiger partial charge is 0.352 e. The Morgan fingerprint density at radius 3 is 2.59 bits per heavy atom. The standard InChI is InChI=1S/C18H28N2O2/c1-4-5-6-11-20(16(3)21)12-10-18(22)19-14-17-9-7-8-15(2)13-17/h7-9,13H,4-6,10-12,14H2,1-3H3,(H,19,22). The lowest BCUT2D eigenvalue weighted by atomic mass is 10.1. The minimum absolute atomic E-state index is 0.0109. The molecule has 4 nitrogen and oxygen atoms in total. The van der Waals surface area contributed by atoms with E-state index in [1.165, 1.54) is 5.56 Å². The highest BCUT2D eigenvalue weighted by Crippen LogP contribution is 2.04. The predicted molar refractivity (Wildman–Crippen MR) is 89.4 cm³/mol. The molecular weight excluding hydrogens is 276 g/mol. The van der Waals surface area contributed by atoms with Gasteiger partial charge in [0.1, 0.15) is 0 Å². The zero-order valence-corrected chi connectivity index (χ0v) is 14.0. The highest BCUT2D eigenvalue weighted by molar-refractivity contribution is 5.78. The van der Waals surface area contributed by atoms with Gasteiger partial charge in [0.25, 0.3) is 0 Å². The number of benzene rings is 1. The Bertz CT molecular complexity index is 486. The summed E-state index contributed by atoms with van der Waals surface area (Å²) < 4.78 is 0.